The van der Waals surface area contributed by atoms with Crippen LogP contribution in [0.25, 0.3) is 10.8 Å². The Morgan fingerprint density at radius 3 is 2.82 bits per heavy atom. The molecule has 0 aliphatic carbocycles. The van der Waals surface area contributed by atoms with E-state index in [1.807, 2.05) is 18.6 Å². The number of benzene rings is 2. The second-order valence-corrected chi connectivity index (χ2v) is 8.00. The van der Waals surface area contributed by atoms with Gasteiger partial charge in [0, 0.05) is 32.4 Å². The molecule has 1 fully saturated rings. The first kappa shape index (κ1) is 19.0. The van der Waals surface area contributed by atoms with E-state index in [4.69, 9.17) is 9.47 Å². The number of morpholine rings is 1. The molecule has 5 heteroatoms. The Hall–Kier alpha value is -2.37. The Labute approximate surface area is 166 Å². The summed E-state index contributed by atoms with van der Waals surface area (Å²) in [5, 5.41) is 2.40. The molecule has 0 bridgehead atoms. The van der Waals surface area contributed by atoms with Gasteiger partial charge in [-0.15, -0.1) is 0 Å². The van der Waals surface area contributed by atoms with E-state index in [0.717, 1.165) is 38.5 Å². The number of methoxy groups -OCH3 is 1. The van der Waals surface area contributed by atoms with Crippen molar-refractivity contribution in [1.29, 1.82) is 0 Å². The largest absolute Gasteiger partial charge is 0.497 e. The Balaban J connectivity index is 1.48. The molecule has 4 rings (SSSR count). The van der Waals surface area contributed by atoms with E-state index in [0.29, 0.717) is 5.92 Å². The third-order valence-electron chi connectivity index (χ3n) is 5.34. The van der Waals surface area contributed by atoms with Gasteiger partial charge in [0.2, 0.25) is 0 Å². The fourth-order valence-corrected chi connectivity index (χ4v) is 3.88. The van der Waals surface area contributed by atoms with Crippen molar-refractivity contribution in [3.63, 3.8) is 0 Å². The zero-order chi connectivity index (χ0) is 19.5. The minimum Gasteiger partial charge on any atom is -0.497 e. The maximum Gasteiger partial charge on any atom is 0.119 e. The SMILES string of the molecule is COc1ccc2cc([C@@H]3CN(Cc4cncn4CC(C)C)CCO3)ccc2c1. The van der Waals surface area contributed by atoms with Gasteiger partial charge in [0.15, 0.2) is 0 Å². The second kappa shape index (κ2) is 8.33. The molecule has 1 atom stereocenters. The van der Waals surface area contributed by atoms with E-state index in [1.165, 1.54) is 22.0 Å². The zero-order valence-electron chi connectivity index (χ0n) is 17.0. The summed E-state index contributed by atoms with van der Waals surface area (Å²) in [5.74, 6) is 1.50. The maximum atomic E-state index is 6.11. The summed E-state index contributed by atoms with van der Waals surface area (Å²) in [6, 6.07) is 12.8. The summed E-state index contributed by atoms with van der Waals surface area (Å²) in [4.78, 5) is 6.83. The van der Waals surface area contributed by atoms with Crippen molar-refractivity contribution in [2.45, 2.75) is 33.0 Å². The van der Waals surface area contributed by atoms with Crippen molar-refractivity contribution in [2.75, 3.05) is 26.8 Å². The predicted molar refractivity (Wildman–Crippen MR) is 112 cm³/mol. The van der Waals surface area contributed by atoms with Crippen LogP contribution in [0.15, 0.2) is 48.9 Å². The Bertz CT molecular complexity index is 934. The lowest BCUT2D eigenvalue weighted by atomic mass is 10.0. The minimum atomic E-state index is 0.0988. The van der Waals surface area contributed by atoms with Crippen LogP contribution in [0, 0.1) is 5.92 Å². The van der Waals surface area contributed by atoms with Crippen LogP contribution in [-0.2, 0) is 17.8 Å². The summed E-state index contributed by atoms with van der Waals surface area (Å²) in [6.07, 6.45) is 4.04. The van der Waals surface area contributed by atoms with E-state index in [2.05, 4.69) is 58.6 Å². The van der Waals surface area contributed by atoms with Gasteiger partial charge in [0.25, 0.3) is 0 Å². The van der Waals surface area contributed by atoms with Crippen molar-refractivity contribution < 1.29 is 9.47 Å². The fourth-order valence-electron chi connectivity index (χ4n) is 3.88. The van der Waals surface area contributed by atoms with Crippen LogP contribution in [0.4, 0.5) is 0 Å². The Morgan fingerprint density at radius 1 is 1.18 bits per heavy atom. The van der Waals surface area contributed by atoms with Crippen molar-refractivity contribution >= 4 is 10.8 Å². The topological polar surface area (TPSA) is 39.5 Å². The van der Waals surface area contributed by atoms with E-state index < -0.39 is 0 Å². The molecule has 28 heavy (non-hydrogen) atoms. The Morgan fingerprint density at radius 2 is 2.00 bits per heavy atom. The highest BCUT2D eigenvalue weighted by atomic mass is 16.5. The van der Waals surface area contributed by atoms with Crippen LogP contribution in [-0.4, -0.2) is 41.3 Å². The van der Waals surface area contributed by atoms with Crippen LogP contribution in [0.1, 0.15) is 31.2 Å². The van der Waals surface area contributed by atoms with Gasteiger partial charge < -0.3 is 14.0 Å². The molecule has 1 aromatic heterocycles. The standard InChI is InChI=1S/C23H29N3O2/c1-17(2)13-26-16-24-12-21(26)14-25-8-9-28-23(15-25)20-5-4-19-11-22(27-3)7-6-18(19)10-20/h4-7,10-12,16-17,23H,8-9,13-15H2,1-3H3/t23-/m0/s1. The quantitative estimate of drug-likeness (QED) is 0.641. The van der Waals surface area contributed by atoms with Gasteiger partial charge in [0.05, 0.1) is 31.8 Å². The summed E-state index contributed by atoms with van der Waals surface area (Å²) in [7, 11) is 1.70. The van der Waals surface area contributed by atoms with Crippen LogP contribution in [0.3, 0.4) is 0 Å². The lowest BCUT2D eigenvalue weighted by Gasteiger charge is -2.33. The molecule has 0 spiro atoms. The van der Waals surface area contributed by atoms with Gasteiger partial charge in [-0.3, -0.25) is 4.90 Å². The van der Waals surface area contributed by atoms with Gasteiger partial charge in [-0.2, -0.15) is 0 Å². The molecule has 2 aromatic carbocycles. The normalized spacial score (nSPS) is 18.1. The van der Waals surface area contributed by atoms with Gasteiger partial charge in [-0.25, -0.2) is 4.98 Å². The minimum absolute atomic E-state index is 0.0988. The summed E-state index contributed by atoms with van der Waals surface area (Å²) in [6.45, 7) is 9.01. The van der Waals surface area contributed by atoms with Crippen LogP contribution < -0.4 is 4.74 Å². The molecule has 0 saturated carbocycles. The van der Waals surface area contributed by atoms with E-state index in [9.17, 15) is 0 Å². The molecule has 0 unspecified atom stereocenters. The third-order valence-corrected chi connectivity index (χ3v) is 5.34. The molecule has 148 valence electrons. The van der Waals surface area contributed by atoms with Crippen LogP contribution in [0.5, 0.6) is 5.75 Å². The van der Waals surface area contributed by atoms with Crippen LogP contribution in [0.2, 0.25) is 0 Å². The number of hydrogen-bond donors (Lipinski definition) is 0. The lowest BCUT2D eigenvalue weighted by Crippen LogP contribution is -2.38. The number of rotatable bonds is 6. The molecule has 3 aromatic rings. The second-order valence-electron chi connectivity index (χ2n) is 8.00. The third kappa shape index (κ3) is 4.21. The molecule has 5 nitrogen and oxygen atoms in total. The highest BCUT2D eigenvalue weighted by Crippen LogP contribution is 2.28. The number of ether oxygens (including phenoxy) is 2. The molecule has 0 N–H and O–H groups in total. The average molecular weight is 380 g/mol. The number of nitrogens with zero attached hydrogens (tertiary/aromatic N) is 3. The van der Waals surface area contributed by atoms with Gasteiger partial charge in [-0.1, -0.05) is 32.0 Å². The van der Waals surface area contributed by atoms with Crippen molar-refractivity contribution in [3.8, 4) is 5.75 Å². The van der Waals surface area contributed by atoms with E-state index in [1.54, 1.807) is 7.11 Å². The van der Waals surface area contributed by atoms with Gasteiger partial charge in [-0.05, 0) is 40.5 Å². The van der Waals surface area contributed by atoms with Crippen molar-refractivity contribution in [1.82, 2.24) is 14.5 Å². The number of aromatic nitrogens is 2. The van der Waals surface area contributed by atoms with E-state index >= 15 is 0 Å². The summed E-state index contributed by atoms with van der Waals surface area (Å²) in [5.41, 5.74) is 2.51. The number of hydrogen-bond acceptors (Lipinski definition) is 4. The van der Waals surface area contributed by atoms with Gasteiger partial charge in [0.1, 0.15) is 5.75 Å². The molecular formula is C23H29N3O2. The number of imidazole rings is 1. The highest BCUT2D eigenvalue weighted by molar-refractivity contribution is 5.84. The highest BCUT2D eigenvalue weighted by Gasteiger charge is 2.23. The summed E-state index contributed by atoms with van der Waals surface area (Å²) < 4.78 is 13.7. The zero-order valence-corrected chi connectivity index (χ0v) is 17.0. The molecule has 2 heterocycles. The molecule has 0 amide bonds. The summed E-state index contributed by atoms with van der Waals surface area (Å²) >= 11 is 0. The first-order chi connectivity index (χ1) is 13.6. The monoisotopic (exact) mass is 379 g/mol. The first-order valence-electron chi connectivity index (χ1n) is 10.0. The molecule has 1 aliphatic rings. The molecule has 1 aliphatic heterocycles. The fraction of sp³-hybridized carbons (Fsp3) is 0.435. The number of fused-ring (bicyclic) bond motifs is 1. The molecule has 0 radical (unpaired) electrons. The van der Waals surface area contributed by atoms with Crippen molar-refractivity contribution in [3.05, 3.63) is 60.2 Å². The van der Waals surface area contributed by atoms with E-state index in [-0.39, 0.29) is 6.10 Å². The van der Waals surface area contributed by atoms with Crippen molar-refractivity contribution in [2.24, 2.45) is 5.92 Å². The lowest BCUT2D eigenvalue weighted by molar-refractivity contribution is -0.0335. The first-order valence-corrected chi connectivity index (χ1v) is 10.0. The van der Waals surface area contributed by atoms with Gasteiger partial charge >= 0.3 is 0 Å². The maximum absolute atomic E-state index is 6.11. The van der Waals surface area contributed by atoms with Crippen LogP contribution >= 0.6 is 0 Å². The Kier molecular flexibility index (Phi) is 5.64. The molecular weight excluding hydrogens is 350 g/mol. The average Bonchev–Trinajstić information content (AvgIpc) is 3.13. The smallest absolute Gasteiger partial charge is 0.119 e. The predicted octanol–water partition coefficient (Wildman–Crippen LogP) is 4.27. The molecule has 1 saturated heterocycles.